The monoisotopic (exact) mass is 256 g/mol. The fourth-order valence-corrected chi connectivity index (χ4v) is 2.30. The molecule has 1 fully saturated rings. The smallest absolute Gasteiger partial charge is 0.119 e. The number of rotatable bonds is 5. The summed E-state index contributed by atoms with van der Waals surface area (Å²) in [7, 11) is 1.69. The number of methoxy groups -OCH3 is 1. The van der Waals surface area contributed by atoms with Crippen molar-refractivity contribution in [2.45, 2.75) is 24.9 Å². The van der Waals surface area contributed by atoms with Gasteiger partial charge in [-0.25, -0.2) is 0 Å². The van der Waals surface area contributed by atoms with Crippen LogP contribution in [0.5, 0.6) is 5.75 Å². The Hall–Kier alpha value is -1.58. The van der Waals surface area contributed by atoms with Crippen LogP contribution < -0.4 is 15.8 Å². The molecule has 1 aliphatic rings. The highest BCUT2D eigenvalue weighted by Gasteiger charge is 2.37. The lowest BCUT2D eigenvalue weighted by molar-refractivity contribution is 0.415. The lowest BCUT2D eigenvalue weighted by Crippen LogP contribution is -2.35. The van der Waals surface area contributed by atoms with Gasteiger partial charge in [0, 0.05) is 18.6 Å². The summed E-state index contributed by atoms with van der Waals surface area (Å²) in [5, 5.41) is 5.89. The van der Waals surface area contributed by atoms with Crippen molar-refractivity contribution in [3.63, 3.8) is 0 Å². The zero-order valence-electron chi connectivity index (χ0n) is 11.3. The molecule has 3 rings (SSSR count). The predicted octanol–water partition coefficient (Wildman–Crippen LogP) is 2.43. The minimum absolute atomic E-state index is 0.0736. The van der Waals surface area contributed by atoms with Gasteiger partial charge in [-0.2, -0.15) is 0 Å². The molecule has 0 amide bonds. The highest BCUT2D eigenvalue weighted by Crippen LogP contribution is 2.31. The van der Waals surface area contributed by atoms with E-state index < -0.39 is 0 Å². The lowest BCUT2D eigenvalue weighted by Gasteiger charge is -2.11. The Bertz CT molecular complexity index is 590. The van der Waals surface area contributed by atoms with Crippen molar-refractivity contribution in [3.05, 3.63) is 42.0 Å². The maximum absolute atomic E-state index is 6.06. The van der Waals surface area contributed by atoms with Crippen molar-refractivity contribution in [1.29, 1.82) is 0 Å². The summed E-state index contributed by atoms with van der Waals surface area (Å²) < 4.78 is 5.24. The molecule has 0 aliphatic heterocycles. The van der Waals surface area contributed by atoms with Gasteiger partial charge in [-0.15, -0.1) is 0 Å². The van der Waals surface area contributed by atoms with Gasteiger partial charge in [0.25, 0.3) is 0 Å². The highest BCUT2D eigenvalue weighted by atomic mass is 16.5. The zero-order chi connectivity index (χ0) is 13.3. The van der Waals surface area contributed by atoms with Crippen LogP contribution in [0.25, 0.3) is 10.8 Å². The van der Waals surface area contributed by atoms with E-state index in [-0.39, 0.29) is 5.54 Å². The Morgan fingerprint density at radius 1 is 1.16 bits per heavy atom. The lowest BCUT2D eigenvalue weighted by atomic mass is 10.1. The third kappa shape index (κ3) is 2.88. The van der Waals surface area contributed by atoms with E-state index in [1.165, 1.54) is 16.3 Å². The number of benzene rings is 2. The summed E-state index contributed by atoms with van der Waals surface area (Å²) in [5.74, 6) is 0.900. The second-order valence-electron chi connectivity index (χ2n) is 5.51. The Morgan fingerprint density at radius 3 is 2.63 bits per heavy atom. The van der Waals surface area contributed by atoms with E-state index in [0.717, 1.165) is 31.7 Å². The summed E-state index contributed by atoms with van der Waals surface area (Å²) in [6, 6.07) is 12.7. The topological polar surface area (TPSA) is 47.3 Å². The van der Waals surface area contributed by atoms with Crippen LogP contribution in [0.1, 0.15) is 18.4 Å². The predicted molar refractivity (Wildman–Crippen MR) is 78.4 cm³/mol. The molecule has 100 valence electrons. The quantitative estimate of drug-likeness (QED) is 0.863. The summed E-state index contributed by atoms with van der Waals surface area (Å²) in [6.45, 7) is 1.79. The minimum atomic E-state index is 0.0736. The molecule has 0 radical (unpaired) electrons. The van der Waals surface area contributed by atoms with Gasteiger partial charge in [-0.1, -0.05) is 18.2 Å². The van der Waals surface area contributed by atoms with E-state index >= 15 is 0 Å². The van der Waals surface area contributed by atoms with Crippen molar-refractivity contribution in [2.75, 3.05) is 13.7 Å². The third-order valence-electron chi connectivity index (χ3n) is 3.81. The minimum Gasteiger partial charge on any atom is -0.497 e. The number of hydrogen-bond acceptors (Lipinski definition) is 3. The van der Waals surface area contributed by atoms with Crippen LogP contribution in [0.3, 0.4) is 0 Å². The molecule has 2 aromatic carbocycles. The summed E-state index contributed by atoms with van der Waals surface area (Å²) in [4.78, 5) is 0. The Morgan fingerprint density at radius 2 is 1.89 bits per heavy atom. The van der Waals surface area contributed by atoms with E-state index in [1.807, 2.05) is 6.07 Å². The van der Waals surface area contributed by atoms with E-state index in [4.69, 9.17) is 10.5 Å². The largest absolute Gasteiger partial charge is 0.497 e. The van der Waals surface area contributed by atoms with Crippen molar-refractivity contribution in [3.8, 4) is 5.75 Å². The molecule has 0 unspecified atom stereocenters. The SMILES string of the molecule is COc1ccc2cc(CNCC3(N)CC3)ccc2c1. The van der Waals surface area contributed by atoms with Crippen LogP contribution in [0.2, 0.25) is 0 Å². The van der Waals surface area contributed by atoms with E-state index in [9.17, 15) is 0 Å². The first-order chi connectivity index (χ1) is 9.18. The van der Waals surface area contributed by atoms with Crippen LogP contribution in [-0.4, -0.2) is 19.2 Å². The fourth-order valence-electron chi connectivity index (χ4n) is 2.30. The fraction of sp³-hybridized carbons (Fsp3) is 0.375. The van der Waals surface area contributed by atoms with Crippen molar-refractivity contribution >= 4 is 10.8 Å². The first kappa shape index (κ1) is 12.5. The molecule has 3 nitrogen and oxygen atoms in total. The first-order valence-corrected chi connectivity index (χ1v) is 6.75. The molecule has 0 bridgehead atoms. The third-order valence-corrected chi connectivity index (χ3v) is 3.81. The van der Waals surface area contributed by atoms with Crippen LogP contribution in [-0.2, 0) is 6.54 Å². The molecule has 3 N–H and O–H groups in total. The van der Waals surface area contributed by atoms with E-state index in [1.54, 1.807) is 7.11 Å². The van der Waals surface area contributed by atoms with Crippen molar-refractivity contribution in [2.24, 2.45) is 5.73 Å². The van der Waals surface area contributed by atoms with Gasteiger partial charge in [0.15, 0.2) is 0 Å². The Balaban J connectivity index is 1.70. The second-order valence-corrected chi connectivity index (χ2v) is 5.51. The molecule has 0 spiro atoms. The molecule has 0 heterocycles. The molecule has 2 aromatic rings. The second kappa shape index (κ2) is 4.83. The first-order valence-electron chi connectivity index (χ1n) is 6.75. The van der Waals surface area contributed by atoms with Gasteiger partial charge in [-0.05, 0) is 47.4 Å². The molecule has 3 heteroatoms. The molecular weight excluding hydrogens is 236 g/mol. The van der Waals surface area contributed by atoms with Crippen molar-refractivity contribution < 1.29 is 4.74 Å². The van der Waals surface area contributed by atoms with Gasteiger partial charge in [0.2, 0.25) is 0 Å². The number of fused-ring (bicyclic) bond motifs is 1. The number of nitrogens with two attached hydrogens (primary N) is 1. The van der Waals surface area contributed by atoms with Crippen LogP contribution in [0.15, 0.2) is 36.4 Å². The maximum Gasteiger partial charge on any atom is 0.119 e. The van der Waals surface area contributed by atoms with Crippen LogP contribution >= 0.6 is 0 Å². The molecule has 0 aromatic heterocycles. The van der Waals surface area contributed by atoms with Gasteiger partial charge >= 0.3 is 0 Å². The van der Waals surface area contributed by atoms with E-state index in [0.29, 0.717) is 0 Å². The highest BCUT2D eigenvalue weighted by molar-refractivity contribution is 5.84. The number of hydrogen-bond donors (Lipinski definition) is 2. The molecule has 0 saturated heterocycles. The Labute approximate surface area is 113 Å². The molecule has 0 atom stereocenters. The molecule has 19 heavy (non-hydrogen) atoms. The van der Waals surface area contributed by atoms with Gasteiger partial charge in [0.1, 0.15) is 5.75 Å². The van der Waals surface area contributed by atoms with Gasteiger partial charge < -0.3 is 15.8 Å². The van der Waals surface area contributed by atoms with Gasteiger partial charge in [-0.3, -0.25) is 0 Å². The average molecular weight is 256 g/mol. The summed E-state index contributed by atoms with van der Waals surface area (Å²) in [5.41, 5.74) is 7.42. The van der Waals surface area contributed by atoms with Crippen LogP contribution in [0.4, 0.5) is 0 Å². The van der Waals surface area contributed by atoms with Crippen molar-refractivity contribution in [1.82, 2.24) is 5.32 Å². The zero-order valence-corrected chi connectivity index (χ0v) is 11.3. The maximum atomic E-state index is 6.06. The summed E-state index contributed by atoms with van der Waals surface area (Å²) in [6.07, 6.45) is 2.30. The molecule has 1 aliphatic carbocycles. The number of nitrogens with one attached hydrogen (secondary N) is 1. The number of ether oxygens (including phenoxy) is 1. The summed E-state index contributed by atoms with van der Waals surface area (Å²) >= 11 is 0. The average Bonchev–Trinajstić information content (AvgIpc) is 3.16. The van der Waals surface area contributed by atoms with E-state index in [2.05, 4.69) is 35.6 Å². The van der Waals surface area contributed by atoms with Gasteiger partial charge in [0.05, 0.1) is 7.11 Å². The standard InChI is InChI=1S/C16H20N2O/c1-19-15-5-4-13-8-12(2-3-14(13)9-15)10-18-11-16(17)6-7-16/h2-5,8-9,18H,6-7,10-11,17H2,1H3. The molecule has 1 saturated carbocycles. The normalized spacial score (nSPS) is 16.5. The Kier molecular flexibility index (Phi) is 3.17. The van der Waals surface area contributed by atoms with Crippen LogP contribution in [0, 0.1) is 0 Å². The molecular formula is C16H20N2O.